The molecule has 3 rings (SSSR count). The molecular formula is C22H29N3O2. The van der Waals surface area contributed by atoms with Crippen molar-refractivity contribution in [2.24, 2.45) is 0 Å². The van der Waals surface area contributed by atoms with Crippen molar-refractivity contribution >= 4 is 5.91 Å². The minimum atomic E-state index is -0.0769. The number of carbonyl (C=O) groups is 1. The zero-order chi connectivity index (χ0) is 19.1. The second-order valence-corrected chi connectivity index (χ2v) is 7.19. The van der Waals surface area contributed by atoms with Gasteiger partial charge in [-0.15, -0.1) is 0 Å². The van der Waals surface area contributed by atoms with Crippen molar-refractivity contribution < 1.29 is 9.53 Å². The smallest absolute Gasteiger partial charge is 0.255 e. The molecule has 0 radical (unpaired) electrons. The van der Waals surface area contributed by atoms with Gasteiger partial charge in [0, 0.05) is 38.6 Å². The summed E-state index contributed by atoms with van der Waals surface area (Å²) in [6.45, 7) is 4.24. The van der Waals surface area contributed by atoms with Gasteiger partial charge in [-0.3, -0.25) is 9.69 Å². The van der Waals surface area contributed by atoms with E-state index in [9.17, 15) is 4.79 Å². The number of likely N-dealkylation sites (N-methyl/N-ethyl adjacent to an activating group) is 2. The average Bonchev–Trinajstić information content (AvgIpc) is 2.69. The summed E-state index contributed by atoms with van der Waals surface area (Å²) in [4.78, 5) is 17.3. The van der Waals surface area contributed by atoms with E-state index in [-0.39, 0.29) is 5.91 Å². The first-order valence-electron chi connectivity index (χ1n) is 9.56. The van der Waals surface area contributed by atoms with Gasteiger partial charge in [-0.2, -0.15) is 0 Å². The van der Waals surface area contributed by atoms with Crippen LogP contribution in [0.3, 0.4) is 0 Å². The molecule has 0 aromatic heterocycles. The zero-order valence-corrected chi connectivity index (χ0v) is 16.2. The summed E-state index contributed by atoms with van der Waals surface area (Å²) in [5.74, 6) is 0.562. The summed E-state index contributed by atoms with van der Waals surface area (Å²) in [6, 6.07) is 18.0. The van der Waals surface area contributed by atoms with Crippen LogP contribution in [0.4, 0.5) is 0 Å². The fraction of sp³-hybridized carbons (Fsp3) is 0.409. The predicted octanol–water partition coefficient (Wildman–Crippen LogP) is 2.28. The fourth-order valence-electron chi connectivity index (χ4n) is 3.33. The molecule has 1 atom stereocenters. The third kappa shape index (κ3) is 5.55. The topological polar surface area (TPSA) is 44.8 Å². The monoisotopic (exact) mass is 367 g/mol. The maximum atomic E-state index is 12.7. The van der Waals surface area contributed by atoms with Gasteiger partial charge in [-0.1, -0.05) is 42.5 Å². The quantitative estimate of drug-likeness (QED) is 0.816. The van der Waals surface area contributed by atoms with Crippen LogP contribution in [-0.2, 0) is 6.42 Å². The number of benzene rings is 2. The number of para-hydroxylation sites is 1. The Hall–Kier alpha value is -2.37. The Morgan fingerprint density at radius 2 is 1.81 bits per heavy atom. The molecule has 1 aliphatic rings. The first kappa shape index (κ1) is 19.4. The lowest BCUT2D eigenvalue weighted by Gasteiger charge is -2.37. The number of rotatable bonds is 7. The molecular weight excluding hydrogens is 338 g/mol. The normalized spacial score (nSPS) is 18.2. The average molecular weight is 367 g/mol. The van der Waals surface area contributed by atoms with E-state index in [2.05, 4.69) is 41.3 Å². The van der Waals surface area contributed by atoms with Crippen molar-refractivity contribution in [1.29, 1.82) is 0 Å². The van der Waals surface area contributed by atoms with Crippen molar-refractivity contribution in [2.45, 2.75) is 12.5 Å². The number of hydrogen-bond acceptors (Lipinski definition) is 4. The highest BCUT2D eigenvalue weighted by Gasteiger charge is 2.23. The summed E-state index contributed by atoms with van der Waals surface area (Å²) in [5, 5.41) is 3.08. The van der Waals surface area contributed by atoms with E-state index >= 15 is 0 Å². The van der Waals surface area contributed by atoms with Gasteiger partial charge >= 0.3 is 0 Å². The largest absolute Gasteiger partial charge is 0.492 e. The van der Waals surface area contributed by atoms with Crippen LogP contribution >= 0.6 is 0 Å². The summed E-state index contributed by atoms with van der Waals surface area (Å²) in [5.41, 5.74) is 1.82. The first-order valence-corrected chi connectivity index (χ1v) is 9.56. The molecule has 0 spiro atoms. The van der Waals surface area contributed by atoms with Gasteiger partial charge < -0.3 is 15.0 Å². The summed E-state index contributed by atoms with van der Waals surface area (Å²) >= 11 is 0. The molecule has 27 heavy (non-hydrogen) atoms. The number of carbonyl (C=O) groups excluding carboxylic acids is 1. The molecule has 5 heteroatoms. The standard InChI is InChI=1S/C22H29N3O2/c1-24-13-14-25(2)19(17-24)16-23-22(26)20-10-6-7-11-21(20)27-15-12-18-8-4-3-5-9-18/h3-11,19H,12-17H2,1-2H3,(H,23,26). The predicted molar refractivity (Wildman–Crippen MR) is 108 cm³/mol. The molecule has 1 amide bonds. The van der Waals surface area contributed by atoms with Crippen LogP contribution in [0.5, 0.6) is 5.75 Å². The number of nitrogens with one attached hydrogen (secondary N) is 1. The molecule has 0 aliphatic carbocycles. The third-order valence-corrected chi connectivity index (χ3v) is 5.10. The Morgan fingerprint density at radius 3 is 2.63 bits per heavy atom. The van der Waals surface area contributed by atoms with Gasteiger partial charge in [-0.05, 0) is 31.8 Å². The molecule has 0 bridgehead atoms. The molecule has 1 aliphatic heterocycles. The Bertz CT molecular complexity index is 735. The van der Waals surface area contributed by atoms with E-state index in [1.54, 1.807) is 0 Å². The van der Waals surface area contributed by atoms with Crippen molar-refractivity contribution in [3.8, 4) is 5.75 Å². The lowest BCUT2D eigenvalue weighted by molar-refractivity contribution is 0.0878. The summed E-state index contributed by atoms with van der Waals surface area (Å²) in [6.07, 6.45) is 0.815. The maximum Gasteiger partial charge on any atom is 0.255 e. The molecule has 1 unspecified atom stereocenters. The number of hydrogen-bond donors (Lipinski definition) is 1. The molecule has 1 fully saturated rings. The Labute approximate surface area is 161 Å². The SMILES string of the molecule is CN1CCN(C)C(CNC(=O)c2ccccc2OCCc2ccccc2)C1. The highest BCUT2D eigenvalue weighted by atomic mass is 16.5. The molecule has 2 aromatic rings. The van der Waals surface area contributed by atoms with E-state index in [0.29, 0.717) is 30.5 Å². The molecule has 1 heterocycles. The Kier molecular flexibility index (Phi) is 6.85. The van der Waals surface area contributed by atoms with Crippen molar-refractivity contribution in [3.63, 3.8) is 0 Å². The van der Waals surface area contributed by atoms with Gasteiger partial charge in [0.15, 0.2) is 0 Å². The van der Waals surface area contributed by atoms with E-state index in [4.69, 9.17) is 4.74 Å². The fourth-order valence-corrected chi connectivity index (χ4v) is 3.33. The van der Waals surface area contributed by atoms with Crippen LogP contribution in [0, 0.1) is 0 Å². The second-order valence-electron chi connectivity index (χ2n) is 7.19. The number of piperazine rings is 1. The summed E-state index contributed by atoms with van der Waals surface area (Å²) in [7, 11) is 4.24. The minimum Gasteiger partial charge on any atom is -0.492 e. The van der Waals surface area contributed by atoms with Gasteiger partial charge in [0.25, 0.3) is 5.91 Å². The Balaban J connectivity index is 1.55. The van der Waals surface area contributed by atoms with E-state index in [0.717, 1.165) is 26.1 Å². The van der Waals surface area contributed by atoms with Crippen LogP contribution in [0.1, 0.15) is 15.9 Å². The molecule has 144 valence electrons. The number of ether oxygens (including phenoxy) is 1. The highest BCUT2D eigenvalue weighted by molar-refractivity contribution is 5.96. The van der Waals surface area contributed by atoms with Crippen molar-refractivity contribution in [3.05, 3.63) is 65.7 Å². The maximum absolute atomic E-state index is 12.7. The van der Waals surface area contributed by atoms with Crippen LogP contribution in [-0.4, -0.2) is 68.6 Å². The van der Waals surface area contributed by atoms with Crippen molar-refractivity contribution in [1.82, 2.24) is 15.1 Å². The Morgan fingerprint density at radius 1 is 1.07 bits per heavy atom. The van der Waals surface area contributed by atoms with Crippen molar-refractivity contribution in [2.75, 3.05) is 46.9 Å². The van der Waals surface area contributed by atoms with E-state index < -0.39 is 0 Å². The van der Waals surface area contributed by atoms with Gasteiger partial charge in [0.1, 0.15) is 5.75 Å². The molecule has 2 aromatic carbocycles. The molecule has 1 saturated heterocycles. The molecule has 0 saturated carbocycles. The number of amides is 1. The van der Waals surface area contributed by atoms with E-state index in [1.165, 1.54) is 5.56 Å². The minimum absolute atomic E-state index is 0.0769. The third-order valence-electron chi connectivity index (χ3n) is 5.10. The van der Waals surface area contributed by atoms with Crippen LogP contribution in [0.25, 0.3) is 0 Å². The highest BCUT2D eigenvalue weighted by Crippen LogP contribution is 2.18. The lowest BCUT2D eigenvalue weighted by Crippen LogP contribution is -2.54. The molecule has 5 nitrogen and oxygen atoms in total. The van der Waals surface area contributed by atoms with Crippen LogP contribution in [0.2, 0.25) is 0 Å². The first-order chi connectivity index (χ1) is 13.1. The lowest BCUT2D eigenvalue weighted by atomic mass is 10.1. The molecule has 1 N–H and O–H groups in total. The summed E-state index contributed by atoms with van der Waals surface area (Å²) < 4.78 is 5.91. The van der Waals surface area contributed by atoms with Gasteiger partial charge in [-0.25, -0.2) is 0 Å². The second kappa shape index (κ2) is 9.53. The van der Waals surface area contributed by atoms with Gasteiger partial charge in [0.05, 0.1) is 12.2 Å². The zero-order valence-electron chi connectivity index (χ0n) is 16.2. The van der Waals surface area contributed by atoms with Crippen LogP contribution in [0.15, 0.2) is 54.6 Å². The van der Waals surface area contributed by atoms with E-state index in [1.807, 2.05) is 42.5 Å². The van der Waals surface area contributed by atoms with Crippen LogP contribution < -0.4 is 10.1 Å². The van der Waals surface area contributed by atoms with Gasteiger partial charge in [0.2, 0.25) is 0 Å². The number of nitrogens with zero attached hydrogens (tertiary/aromatic N) is 2.